The average molecular weight is 354 g/mol. The van der Waals surface area contributed by atoms with Crippen molar-refractivity contribution in [2.24, 2.45) is 0 Å². The Labute approximate surface area is 142 Å². The minimum absolute atomic E-state index is 0.0377. The summed E-state index contributed by atoms with van der Waals surface area (Å²) in [5.74, 6) is -0.0794. The average Bonchev–Trinajstić information content (AvgIpc) is 3.15. The number of rotatable bonds is 8. The van der Waals surface area contributed by atoms with Crippen LogP contribution in [0.25, 0.3) is 0 Å². The van der Waals surface area contributed by atoms with Crippen molar-refractivity contribution in [3.63, 3.8) is 0 Å². The Morgan fingerprint density at radius 2 is 2.09 bits per heavy atom. The van der Waals surface area contributed by atoms with Gasteiger partial charge in [-0.2, -0.15) is 0 Å². The molecule has 0 fully saturated rings. The Hall–Kier alpha value is -1.43. The van der Waals surface area contributed by atoms with Gasteiger partial charge in [0.1, 0.15) is 0 Å². The van der Waals surface area contributed by atoms with Gasteiger partial charge >= 0.3 is 0 Å². The number of amides is 1. The normalized spacial score (nSPS) is 10.4. The molecule has 3 nitrogen and oxygen atoms in total. The zero-order valence-corrected chi connectivity index (χ0v) is 14.3. The summed E-state index contributed by atoms with van der Waals surface area (Å²) in [5.41, 5.74) is 0. The van der Waals surface area contributed by atoms with Crippen LogP contribution in [0.2, 0.25) is 4.34 Å². The van der Waals surface area contributed by atoms with Crippen molar-refractivity contribution in [1.29, 1.82) is 0 Å². The van der Waals surface area contributed by atoms with Gasteiger partial charge in [-0.3, -0.25) is 9.59 Å². The molecule has 0 unspecified atom stereocenters. The van der Waals surface area contributed by atoms with E-state index in [9.17, 15) is 9.59 Å². The number of hydrogen-bond acceptors (Lipinski definition) is 4. The molecule has 22 heavy (non-hydrogen) atoms. The van der Waals surface area contributed by atoms with E-state index < -0.39 is 0 Å². The summed E-state index contributed by atoms with van der Waals surface area (Å²) in [7, 11) is 0. The number of thiophene rings is 2. The molecule has 2 aromatic rings. The first kappa shape index (κ1) is 16.9. The first-order valence-electron chi connectivity index (χ1n) is 6.79. The van der Waals surface area contributed by atoms with Gasteiger partial charge in [0.15, 0.2) is 5.78 Å². The van der Waals surface area contributed by atoms with Crippen LogP contribution in [-0.2, 0) is 11.3 Å². The van der Waals surface area contributed by atoms with E-state index in [1.54, 1.807) is 34.4 Å². The van der Waals surface area contributed by atoms with E-state index in [2.05, 4.69) is 6.58 Å². The smallest absolute Gasteiger partial charge is 0.223 e. The topological polar surface area (TPSA) is 37.4 Å². The lowest BCUT2D eigenvalue weighted by atomic mass is 10.1. The molecule has 116 valence electrons. The van der Waals surface area contributed by atoms with Crippen LogP contribution < -0.4 is 0 Å². The monoisotopic (exact) mass is 353 g/mol. The molecule has 2 rings (SSSR count). The molecule has 2 heterocycles. The fraction of sp³-hybridized carbons (Fsp3) is 0.250. The van der Waals surface area contributed by atoms with Gasteiger partial charge in [0.25, 0.3) is 0 Å². The van der Waals surface area contributed by atoms with Gasteiger partial charge in [0.2, 0.25) is 5.91 Å². The van der Waals surface area contributed by atoms with Crippen LogP contribution in [0.5, 0.6) is 0 Å². The molecule has 0 aliphatic rings. The molecule has 0 radical (unpaired) electrons. The quantitative estimate of drug-likeness (QED) is 0.512. The molecule has 0 saturated carbocycles. The highest BCUT2D eigenvalue weighted by atomic mass is 35.5. The van der Waals surface area contributed by atoms with Crippen LogP contribution in [0.3, 0.4) is 0 Å². The molecule has 0 N–H and O–H groups in total. The van der Waals surface area contributed by atoms with Crippen LogP contribution >= 0.6 is 34.3 Å². The fourth-order valence-electron chi connectivity index (χ4n) is 1.97. The fourth-order valence-corrected chi connectivity index (χ4v) is 3.70. The maximum absolute atomic E-state index is 12.3. The van der Waals surface area contributed by atoms with Crippen LogP contribution in [0.4, 0.5) is 0 Å². The third-order valence-electron chi connectivity index (χ3n) is 3.04. The second-order valence-corrected chi connectivity index (χ2v) is 7.42. The van der Waals surface area contributed by atoms with Crippen molar-refractivity contribution in [1.82, 2.24) is 4.90 Å². The summed E-state index contributed by atoms with van der Waals surface area (Å²) in [6.07, 6.45) is 2.10. The van der Waals surface area contributed by atoms with Crippen molar-refractivity contribution >= 4 is 46.0 Å². The molecule has 0 bridgehead atoms. The van der Waals surface area contributed by atoms with Gasteiger partial charge < -0.3 is 4.90 Å². The molecule has 0 saturated heterocycles. The lowest BCUT2D eigenvalue weighted by molar-refractivity contribution is -0.131. The predicted octanol–water partition coefficient (Wildman–Crippen LogP) is 4.64. The van der Waals surface area contributed by atoms with Crippen LogP contribution in [-0.4, -0.2) is 23.1 Å². The van der Waals surface area contributed by atoms with E-state index in [0.29, 0.717) is 22.3 Å². The highest BCUT2D eigenvalue weighted by molar-refractivity contribution is 7.18. The van der Waals surface area contributed by atoms with Gasteiger partial charge in [-0.25, -0.2) is 0 Å². The molecule has 0 aliphatic carbocycles. The number of halogens is 1. The highest BCUT2D eigenvalue weighted by Crippen LogP contribution is 2.23. The van der Waals surface area contributed by atoms with Gasteiger partial charge in [-0.1, -0.05) is 23.7 Å². The molecule has 0 aliphatic heterocycles. The molecule has 0 atom stereocenters. The van der Waals surface area contributed by atoms with Gasteiger partial charge in [-0.15, -0.1) is 29.3 Å². The SMILES string of the molecule is C=CCN(Cc1cccs1)C(=O)CCC(=O)c1ccc(Cl)s1. The Morgan fingerprint density at radius 1 is 1.27 bits per heavy atom. The summed E-state index contributed by atoms with van der Waals surface area (Å²) in [6, 6.07) is 7.35. The Morgan fingerprint density at radius 3 is 2.68 bits per heavy atom. The number of carbonyl (C=O) groups is 2. The van der Waals surface area contributed by atoms with E-state index in [1.165, 1.54) is 11.3 Å². The Balaban J connectivity index is 1.90. The van der Waals surface area contributed by atoms with Crippen molar-refractivity contribution in [2.45, 2.75) is 19.4 Å². The maximum Gasteiger partial charge on any atom is 0.223 e. The molecule has 0 spiro atoms. The predicted molar refractivity (Wildman–Crippen MR) is 92.8 cm³/mol. The van der Waals surface area contributed by atoms with Crippen molar-refractivity contribution in [3.05, 3.63) is 56.4 Å². The van der Waals surface area contributed by atoms with E-state index in [0.717, 1.165) is 4.88 Å². The summed E-state index contributed by atoms with van der Waals surface area (Å²) < 4.78 is 0.584. The first-order valence-corrected chi connectivity index (χ1v) is 8.87. The van der Waals surface area contributed by atoms with Crippen LogP contribution in [0.1, 0.15) is 27.4 Å². The second kappa shape index (κ2) is 8.27. The minimum atomic E-state index is -0.0417. The minimum Gasteiger partial charge on any atom is -0.334 e. The molecule has 1 amide bonds. The molecular formula is C16H16ClNO2S2. The summed E-state index contributed by atoms with van der Waals surface area (Å²) in [4.78, 5) is 27.8. The first-order chi connectivity index (χ1) is 10.6. The molecule has 0 aromatic carbocycles. The largest absolute Gasteiger partial charge is 0.334 e. The molecular weight excluding hydrogens is 338 g/mol. The third-order valence-corrected chi connectivity index (χ3v) is 5.18. The van der Waals surface area contributed by atoms with Crippen LogP contribution in [0, 0.1) is 0 Å². The van der Waals surface area contributed by atoms with E-state index in [-0.39, 0.29) is 24.5 Å². The number of nitrogens with zero attached hydrogens (tertiary/aromatic N) is 1. The van der Waals surface area contributed by atoms with Crippen molar-refractivity contribution < 1.29 is 9.59 Å². The number of ketones is 1. The summed E-state index contributed by atoms with van der Waals surface area (Å²) >= 11 is 8.68. The van der Waals surface area contributed by atoms with E-state index in [1.807, 2.05) is 17.5 Å². The van der Waals surface area contributed by atoms with Gasteiger partial charge in [-0.05, 0) is 23.6 Å². The Kier molecular flexibility index (Phi) is 6.36. The van der Waals surface area contributed by atoms with Gasteiger partial charge in [0.05, 0.1) is 15.8 Å². The maximum atomic E-state index is 12.3. The van der Waals surface area contributed by atoms with Gasteiger partial charge in [0, 0.05) is 24.3 Å². The highest BCUT2D eigenvalue weighted by Gasteiger charge is 2.16. The zero-order chi connectivity index (χ0) is 15.9. The third kappa shape index (κ3) is 4.80. The van der Waals surface area contributed by atoms with Crippen LogP contribution in [0.15, 0.2) is 42.3 Å². The van der Waals surface area contributed by atoms with E-state index >= 15 is 0 Å². The molecule has 2 aromatic heterocycles. The standard InChI is InChI=1S/C16H16ClNO2S2/c1-2-9-18(11-12-4-3-10-21-12)16(20)8-5-13(19)14-6-7-15(17)22-14/h2-4,6-7,10H,1,5,8-9,11H2. The summed E-state index contributed by atoms with van der Waals surface area (Å²) in [5, 5.41) is 1.98. The van der Waals surface area contributed by atoms with E-state index in [4.69, 9.17) is 11.6 Å². The zero-order valence-electron chi connectivity index (χ0n) is 12.0. The lowest BCUT2D eigenvalue weighted by Crippen LogP contribution is -2.30. The molecule has 6 heteroatoms. The van der Waals surface area contributed by atoms with Crippen molar-refractivity contribution in [2.75, 3.05) is 6.54 Å². The number of carbonyl (C=O) groups excluding carboxylic acids is 2. The second-order valence-electron chi connectivity index (χ2n) is 4.67. The Bertz CT molecular complexity index is 649. The number of Topliss-reactive ketones (excluding diaryl/α,β-unsaturated/α-hetero) is 1. The number of hydrogen-bond donors (Lipinski definition) is 0. The van der Waals surface area contributed by atoms with Crippen molar-refractivity contribution in [3.8, 4) is 0 Å². The lowest BCUT2D eigenvalue weighted by Gasteiger charge is -2.20. The summed E-state index contributed by atoms with van der Waals surface area (Å²) in [6.45, 7) is 4.73.